The molecule has 0 heteroatoms. The molecule has 4 rings (SSSR count). The van der Waals surface area contributed by atoms with Crippen molar-refractivity contribution in [3.8, 4) is 0 Å². The molecule has 0 heterocycles. The fourth-order valence-corrected chi connectivity index (χ4v) is 7.62. The number of unbranched alkanes of at least 4 members (excludes halogenated alkanes) is 9. The van der Waals surface area contributed by atoms with Gasteiger partial charge in [0.1, 0.15) is 0 Å². The number of hydrogen-bond acceptors (Lipinski definition) is 0. The van der Waals surface area contributed by atoms with E-state index in [0.29, 0.717) is 0 Å². The van der Waals surface area contributed by atoms with E-state index in [0.717, 1.165) is 22.7 Å². The van der Waals surface area contributed by atoms with Crippen molar-refractivity contribution in [2.45, 2.75) is 136 Å². The van der Waals surface area contributed by atoms with Gasteiger partial charge in [0.25, 0.3) is 0 Å². The Bertz CT molecular complexity index is 367. The molecule has 0 aromatic carbocycles. The van der Waals surface area contributed by atoms with Crippen molar-refractivity contribution in [1.29, 1.82) is 0 Å². The van der Waals surface area contributed by atoms with E-state index < -0.39 is 0 Å². The van der Waals surface area contributed by atoms with Crippen LogP contribution < -0.4 is 0 Å². The third-order valence-corrected chi connectivity index (χ3v) is 8.17. The molecule has 4 aliphatic rings. The standard InChI is InChI=1S/C25H46/c1-3-5-7-9-11-13-15-25-19-22-16-23(20-25)18-24(17-22,21-25)14-12-10-8-6-4-2/h22-23H,3-21H2,1-2H3/t22-,23+,24?,25?. The van der Waals surface area contributed by atoms with E-state index in [9.17, 15) is 0 Å². The van der Waals surface area contributed by atoms with Gasteiger partial charge in [-0.2, -0.15) is 0 Å². The van der Waals surface area contributed by atoms with E-state index >= 15 is 0 Å². The summed E-state index contributed by atoms with van der Waals surface area (Å²) < 4.78 is 0. The minimum Gasteiger partial charge on any atom is -0.0654 e. The monoisotopic (exact) mass is 346 g/mol. The Morgan fingerprint density at radius 2 is 0.960 bits per heavy atom. The van der Waals surface area contributed by atoms with Gasteiger partial charge in [0.15, 0.2) is 0 Å². The van der Waals surface area contributed by atoms with Gasteiger partial charge in [0.2, 0.25) is 0 Å². The normalized spacial score (nSPS) is 36.2. The Kier molecular flexibility index (Phi) is 7.33. The maximum atomic E-state index is 2.34. The van der Waals surface area contributed by atoms with Gasteiger partial charge in [-0.3, -0.25) is 0 Å². The molecular weight excluding hydrogens is 300 g/mol. The molecule has 0 amide bonds. The van der Waals surface area contributed by atoms with Crippen molar-refractivity contribution in [2.75, 3.05) is 0 Å². The van der Waals surface area contributed by atoms with Crippen LogP contribution in [0.5, 0.6) is 0 Å². The van der Waals surface area contributed by atoms with Gasteiger partial charge >= 0.3 is 0 Å². The van der Waals surface area contributed by atoms with Crippen molar-refractivity contribution in [2.24, 2.45) is 22.7 Å². The van der Waals surface area contributed by atoms with Crippen LogP contribution in [0.1, 0.15) is 136 Å². The van der Waals surface area contributed by atoms with Crippen LogP contribution in [0, 0.1) is 22.7 Å². The zero-order valence-electron chi connectivity index (χ0n) is 17.6. The first-order valence-electron chi connectivity index (χ1n) is 12.2. The van der Waals surface area contributed by atoms with Gasteiger partial charge in [0, 0.05) is 0 Å². The molecule has 4 aliphatic carbocycles. The van der Waals surface area contributed by atoms with E-state index in [-0.39, 0.29) is 0 Å². The molecule has 4 bridgehead atoms. The van der Waals surface area contributed by atoms with E-state index in [1.54, 1.807) is 51.4 Å². The van der Waals surface area contributed by atoms with Crippen LogP contribution in [0.2, 0.25) is 0 Å². The second-order valence-corrected chi connectivity index (χ2v) is 10.6. The number of rotatable bonds is 13. The van der Waals surface area contributed by atoms with Crippen LogP contribution in [0.25, 0.3) is 0 Å². The smallest absolute Gasteiger partial charge is 0.0287 e. The molecule has 4 saturated carbocycles. The average Bonchev–Trinajstić information content (AvgIpc) is 2.56. The predicted octanol–water partition coefficient (Wildman–Crippen LogP) is 8.68. The van der Waals surface area contributed by atoms with Crippen LogP contribution in [0.4, 0.5) is 0 Å². The largest absolute Gasteiger partial charge is 0.0654 e. The minimum absolute atomic E-state index is 0.804. The Balaban J connectivity index is 1.46. The average molecular weight is 347 g/mol. The molecule has 0 radical (unpaired) electrons. The van der Waals surface area contributed by atoms with E-state index in [2.05, 4.69) is 13.8 Å². The Morgan fingerprint density at radius 3 is 1.40 bits per heavy atom. The fraction of sp³-hybridized carbons (Fsp3) is 1.00. The van der Waals surface area contributed by atoms with E-state index in [1.807, 2.05) is 0 Å². The van der Waals surface area contributed by atoms with Crippen LogP contribution in [0.15, 0.2) is 0 Å². The van der Waals surface area contributed by atoms with E-state index in [4.69, 9.17) is 0 Å². The molecule has 0 saturated heterocycles. The summed E-state index contributed by atoms with van der Waals surface area (Å²) in [5.74, 6) is 2.24. The van der Waals surface area contributed by atoms with Gasteiger partial charge in [-0.15, -0.1) is 0 Å². The third kappa shape index (κ3) is 5.26. The summed E-state index contributed by atoms with van der Waals surface area (Å²) in [5.41, 5.74) is 1.61. The molecule has 0 nitrogen and oxygen atoms in total. The quantitative estimate of drug-likeness (QED) is 0.292. The lowest BCUT2D eigenvalue weighted by Gasteiger charge is -2.63. The summed E-state index contributed by atoms with van der Waals surface area (Å²) in [6.07, 6.45) is 29.1. The highest BCUT2D eigenvalue weighted by Crippen LogP contribution is 2.68. The molecule has 0 N–H and O–H groups in total. The molecule has 0 spiro atoms. The Hall–Kier alpha value is 0. The molecule has 25 heavy (non-hydrogen) atoms. The summed E-state index contributed by atoms with van der Waals surface area (Å²) in [7, 11) is 0. The van der Waals surface area contributed by atoms with Crippen molar-refractivity contribution in [1.82, 2.24) is 0 Å². The Morgan fingerprint density at radius 1 is 0.560 bits per heavy atom. The van der Waals surface area contributed by atoms with Gasteiger partial charge in [-0.1, -0.05) is 84.5 Å². The Labute approximate surface area is 158 Å². The zero-order chi connectivity index (χ0) is 17.6. The van der Waals surface area contributed by atoms with Crippen molar-refractivity contribution in [3.05, 3.63) is 0 Å². The SMILES string of the molecule is CCCCCCCCC12C[C@@H]3C[C@@H](CC(CCCCCCC)(C3)C1)C2. The highest BCUT2D eigenvalue weighted by molar-refractivity contribution is 5.07. The van der Waals surface area contributed by atoms with Gasteiger partial charge in [0.05, 0.1) is 0 Å². The molecule has 4 atom stereocenters. The van der Waals surface area contributed by atoms with Crippen LogP contribution >= 0.6 is 0 Å². The maximum Gasteiger partial charge on any atom is -0.0287 e. The predicted molar refractivity (Wildman–Crippen MR) is 111 cm³/mol. The van der Waals surface area contributed by atoms with Crippen molar-refractivity contribution in [3.63, 3.8) is 0 Å². The van der Waals surface area contributed by atoms with Crippen LogP contribution in [-0.2, 0) is 0 Å². The zero-order valence-corrected chi connectivity index (χ0v) is 17.6. The fourth-order valence-electron chi connectivity index (χ4n) is 7.62. The van der Waals surface area contributed by atoms with Gasteiger partial charge in [-0.25, -0.2) is 0 Å². The first-order valence-corrected chi connectivity index (χ1v) is 12.2. The maximum absolute atomic E-state index is 2.34. The summed E-state index contributed by atoms with van der Waals surface area (Å²) in [5, 5.41) is 0. The summed E-state index contributed by atoms with van der Waals surface area (Å²) >= 11 is 0. The molecule has 0 aliphatic heterocycles. The van der Waals surface area contributed by atoms with Gasteiger partial charge < -0.3 is 0 Å². The summed E-state index contributed by atoms with van der Waals surface area (Å²) in [6.45, 7) is 4.67. The van der Waals surface area contributed by atoms with E-state index in [1.165, 1.54) is 70.6 Å². The minimum atomic E-state index is 0.804. The molecule has 4 fully saturated rings. The lowest BCUT2D eigenvalue weighted by molar-refractivity contribution is -0.118. The lowest BCUT2D eigenvalue weighted by Crippen LogP contribution is -2.51. The summed E-state index contributed by atoms with van der Waals surface area (Å²) in [4.78, 5) is 0. The van der Waals surface area contributed by atoms with Crippen LogP contribution in [-0.4, -0.2) is 0 Å². The molecule has 0 aromatic rings. The highest BCUT2D eigenvalue weighted by atomic mass is 14.6. The van der Waals surface area contributed by atoms with Crippen molar-refractivity contribution >= 4 is 0 Å². The second kappa shape index (κ2) is 9.27. The van der Waals surface area contributed by atoms with Gasteiger partial charge in [-0.05, 0) is 74.0 Å². The lowest BCUT2D eigenvalue weighted by atomic mass is 9.42. The second-order valence-electron chi connectivity index (χ2n) is 10.6. The first kappa shape index (κ1) is 19.8. The summed E-state index contributed by atoms with van der Waals surface area (Å²) in [6, 6.07) is 0. The highest BCUT2D eigenvalue weighted by Gasteiger charge is 2.56. The van der Waals surface area contributed by atoms with Crippen LogP contribution in [0.3, 0.4) is 0 Å². The number of hydrogen-bond donors (Lipinski definition) is 0. The topological polar surface area (TPSA) is 0 Å². The van der Waals surface area contributed by atoms with Crippen molar-refractivity contribution < 1.29 is 0 Å². The third-order valence-electron chi connectivity index (χ3n) is 8.17. The molecular formula is C25H46. The molecule has 0 aromatic heterocycles. The molecule has 2 unspecified atom stereocenters. The molecule has 146 valence electrons. The first-order chi connectivity index (χ1) is 12.2.